The van der Waals surface area contributed by atoms with Crippen LogP contribution in [0, 0.1) is 13.8 Å². The van der Waals surface area contributed by atoms with Gasteiger partial charge in [-0.15, -0.1) is 0 Å². The van der Waals surface area contributed by atoms with E-state index < -0.39 is 0 Å². The van der Waals surface area contributed by atoms with Crippen LogP contribution in [0.3, 0.4) is 0 Å². The molecule has 2 nitrogen and oxygen atoms in total. The van der Waals surface area contributed by atoms with Gasteiger partial charge >= 0.3 is 0 Å². The number of rotatable bonds is 5. The SMILES string of the molecule is C=C(Cc1cccc(C)c1)c1cc(OC)c(C)cc1/N=C\C. The van der Waals surface area contributed by atoms with E-state index in [1.54, 1.807) is 7.11 Å². The molecule has 22 heavy (non-hydrogen) atoms. The highest BCUT2D eigenvalue weighted by atomic mass is 16.5. The second kappa shape index (κ2) is 7.08. The molecule has 2 aromatic carbocycles. The Morgan fingerprint density at radius 2 is 2.00 bits per heavy atom. The van der Waals surface area contributed by atoms with Gasteiger partial charge in [0.05, 0.1) is 12.8 Å². The van der Waals surface area contributed by atoms with Crippen molar-refractivity contribution in [2.45, 2.75) is 27.2 Å². The van der Waals surface area contributed by atoms with Gasteiger partial charge in [0.15, 0.2) is 0 Å². The number of aliphatic imine (C=N–C) groups is 1. The number of hydrogen-bond donors (Lipinski definition) is 0. The van der Waals surface area contributed by atoms with Crippen molar-refractivity contribution in [1.82, 2.24) is 0 Å². The molecule has 0 heterocycles. The van der Waals surface area contributed by atoms with Gasteiger partial charge in [-0.2, -0.15) is 0 Å². The summed E-state index contributed by atoms with van der Waals surface area (Å²) in [5, 5.41) is 0. The molecule has 0 amide bonds. The van der Waals surface area contributed by atoms with Gasteiger partial charge in [-0.25, -0.2) is 0 Å². The number of aryl methyl sites for hydroxylation is 2. The molecule has 0 aliphatic rings. The summed E-state index contributed by atoms with van der Waals surface area (Å²) in [5.74, 6) is 0.871. The van der Waals surface area contributed by atoms with Crippen molar-refractivity contribution in [3.63, 3.8) is 0 Å². The predicted molar refractivity (Wildman–Crippen MR) is 95.5 cm³/mol. The molecule has 0 atom stereocenters. The van der Waals surface area contributed by atoms with Gasteiger partial charge in [-0.1, -0.05) is 36.4 Å². The average Bonchev–Trinajstić information content (AvgIpc) is 2.47. The molecule has 0 aliphatic carbocycles. The quantitative estimate of drug-likeness (QED) is 0.686. The lowest BCUT2D eigenvalue weighted by atomic mass is 9.96. The molecule has 0 saturated heterocycles. The fourth-order valence-corrected chi connectivity index (χ4v) is 2.59. The van der Waals surface area contributed by atoms with Gasteiger partial charge in [0, 0.05) is 11.8 Å². The van der Waals surface area contributed by atoms with Gasteiger partial charge in [0.25, 0.3) is 0 Å². The second-order valence-corrected chi connectivity index (χ2v) is 5.50. The summed E-state index contributed by atoms with van der Waals surface area (Å²) in [4.78, 5) is 4.48. The Balaban J connectivity index is 2.39. The monoisotopic (exact) mass is 293 g/mol. The molecule has 0 N–H and O–H groups in total. The zero-order chi connectivity index (χ0) is 16.1. The molecule has 0 bridgehead atoms. The Labute approximate surface area is 133 Å². The Morgan fingerprint density at radius 1 is 1.23 bits per heavy atom. The molecule has 0 spiro atoms. The molecule has 0 aromatic heterocycles. The molecule has 2 aromatic rings. The number of nitrogens with zero attached hydrogens (tertiary/aromatic N) is 1. The van der Waals surface area contributed by atoms with Crippen molar-refractivity contribution >= 4 is 17.5 Å². The largest absolute Gasteiger partial charge is 0.496 e. The van der Waals surface area contributed by atoms with Gasteiger partial charge < -0.3 is 4.74 Å². The van der Waals surface area contributed by atoms with Crippen LogP contribution in [0.5, 0.6) is 5.75 Å². The number of methoxy groups -OCH3 is 1. The molecule has 0 radical (unpaired) electrons. The molecular weight excluding hydrogens is 270 g/mol. The lowest BCUT2D eigenvalue weighted by Crippen LogP contribution is -1.94. The summed E-state index contributed by atoms with van der Waals surface area (Å²) in [6, 6.07) is 12.6. The van der Waals surface area contributed by atoms with Gasteiger partial charge in [-0.05, 0) is 56.0 Å². The Bertz CT molecular complexity index is 714. The highest BCUT2D eigenvalue weighted by Crippen LogP contribution is 2.34. The summed E-state index contributed by atoms with van der Waals surface area (Å²) < 4.78 is 5.45. The lowest BCUT2D eigenvalue weighted by molar-refractivity contribution is 0.411. The van der Waals surface area contributed by atoms with E-state index >= 15 is 0 Å². The van der Waals surface area contributed by atoms with Gasteiger partial charge in [0.1, 0.15) is 5.75 Å². The first-order valence-electron chi connectivity index (χ1n) is 7.46. The maximum absolute atomic E-state index is 5.45. The Morgan fingerprint density at radius 3 is 2.64 bits per heavy atom. The van der Waals surface area contributed by atoms with Crippen LogP contribution in [0.15, 0.2) is 48.0 Å². The van der Waals surface area contributed by atoms with Crippen LogP contribution >= 0.6 is 0 Å². The molecule has 114 valence electrons. The van der Waals surface area contributed by atoms with E-state index in [9.17, 15) is 0 Å². The van der Waals surface area contributed by atoms with E-state index in [2.05, 4.69) is 48.8 Å². The fraction of sp³-hybridized carbons (Fsp3) is 0.250. The highest BCUT2D eigenvalue weighted by molar-refractivity contribution is 5.79. The normalized spacial score (nSPS) is 10.9. The topological polar surface area (TPSA) is 21.6 Å². The zero-order valence-electron chi connectivity index (χ0n) is 13.8. The zero-order valence-corrected chi connectivity index (χ0v) is 13.8. The molecule has 0 fully saturated rings. The predicted octanol–water partition coefficient (Wildman–Crippen LogP) is 5.29. The minimum Gasteiger partial charge on any atom is -0.496 e. The van der Waals surface area contributed by atoms with Crippen LogP contribution < -0.4 is 4.74 Å². The first-order chi connectivity index (χ1) is 10.5. The van der Waals surface area contributed by atoms with Crippen molar-refractivity contribution in [2.24, 2.45) is 4.99 Å². The molecule has 0 unspecified atom stereocenters. The van der Waals surface area contributed by atoms with Crippen LogP contribution in [0.4, 0.5) is 5.69 Å². The fourth-order valence-electron chi connectivity index (χ4n) is 2.59. The van der Waals surface area contributed by atoms with Crippen molar-refractivity contribution in [2.75, 3.05) is 7.11 Å². The van der Waals surface area contributed by atoms with E-state index in [1.165, 1.54) is 11.1 Å². The van der Waals surface area contributed by atoms with Crippen molar-refractivity contribution < 1.29 is 4.74 Å². The van der Waals surface area contributed by atoms with Crippen molar-refractivity contribution in [3.05, 3.63) is 65.2 Å². The van der Waals surface area contributed by atoms with Crippen LogP contribution in [0.25, 0.3) is 5.57 Å². The molecular formula is C20H23NO. The summed E-state index contributed by atoms with van der Waals surface area (Å²) in [7, 11) is 1.69. The standard InChI is InChI=1S/C20H23NO/c1-6-21-19-12-16(4)20(22-5)13-18(19)15(3)11-17-9-7-8-14(2)10-17/h6-10,12-13H,3,11H2,1-2,4-5H3/b21-6-. The highest BCUT2D eigenvalue weighted by Gasteiger charge is 2.11. The first-order valence-corrected chi connectivity index (χ1v) is 7.46. The maximum Gasteiger partial charge on any atom is 0.122 e. The Hall–Kier alpha value is -2.35. The average molecular weight is 293 g/mol. The molecule has 2 rings (SSSR count). The second-order valence-electron chi connectivity index (χ2n) is 5.50. The first kappa shape index (κ1) is 16.0. The minimum absolute atomic E-state index is 0.806. The van der Waals surface area contributed by atoms with E-state index in [0.717, 1.165) is 34.6 Å². The van der Waals surface area contributed by atoms with E-state index in [-0.39, 0.29) is 0 Å². The summed E-state index contributed by atoms with van der Waals surface area (Å²) in [5.41, 5.74) is 6.63. The van der Waals surface area contributed by atoms with Crippen LogP contribution in [0.2, 0.25) is 0 Å². The van der Waals surface area contributed by atoms with E-state index in [0.29, 0.717) is 0 Å². The third-order valence-corrected chi connectivity index (χ3v) is 3.66. The van der Waals surface area contributed by atoms with Crippen molar-refractivity contribution in [1.29, 1.82) is 0 Å². The smallest absolute Gasteiger partial charge is 0.122 e. The molecule has 0 saturated carbocycles. The maximum atomic E-state index is 5.45. The number of ether oxygens (including phenoxy) is 1. The van der Waals surface area contributed by atoms with Crippen LogP contribution in [-0.2, 0) is 6.42 Å². The van der Waals surface area contributed by atoms with Gasteiger partial charge in [0.2, 0.25) is 0 Å². The molecule has 2 heteroatoms. The van der Waals surface area contributed by atoms with Crippen LogP contribution in [-0.4, -0.2) is 13.3 Å². The third-order valence-electron chi connectivity index (χ3n) is 3.66. The van der Waals surface area contributed by atoms with Gasteiger partial charge in [-0.3, -0.25) is 4.99 Å². The van der Waals surface area contributed by atoms with E-state index in [4.69, 9.17) is 4.74 Å². The number of hydrogen-bond acceptors (Lipinski definition) is 2. The number of benzene rings is 2. The summed E-state index contributed by atoms with van der Waals surface area (Å²) >= 11 is 0. The Kier molecular flexibility index (Phi) is 5.16. The van der Waals surface area contributed by atoms with Crippen molar-refractivity contribution in [3.8, 4) is 5.75 Å². The summed E-state index contributed by atoms with van der Waals surface area (Å²) in [6.45, 7) is 10.3. The summed E-state index contributed by atoms with van der Waals surface area (Å²) in [6.07, 6.45) is 2.62. The lowest BCUT2D eigenvalue weighted by Gasteiger charge is -2.14. The number of allylic oxidation sites excluding steroid dienone is 1. The molecule has 0 aliphatic heterocycles. The van der Waals surface area contributed by atoms with E-state index in [1.807, 2.05) is 26.1 Å². The third kappa shape index (κ3) is 3.64. The van der Waals surface area contributed by atoms with Crippen LogP contribution in [0.1, 0.15) is 29.2 Å². The minimum atomic E-state index is 0.806.